The molecule has 0 heterocycles. The van der Waals surface area contributed by atoms with Gasteiger partial charge in [0.15, 0.2) is 0 Å². The standard InChI is InChI=1S/C6H14N2O/c7-5-2-1-4(9)3-6(5)8/h4-6,9H,1-3,7-8H2/t4?,5-,6+/m0/s1. The maximum absolute atomic E-state index is 9.06. The molecule has 0 radical (unpaired) electrons. The average molecular weight is 130 g/mol. The second-order valence-corrected chi connectivity index (χ2v) is 2.79. The highest BCUT2D eigenvalue weighted by Gasteiger charge is 2.23. The smallest absolute Gasteiger partial charge is 0.0556 e. The Hall–Kier alpha value is -0.120. The van der Waals surface area contributed by atoms with Crippen molar-refractivity contribution in [2.24, 2.45) is 11.5 Å². The average Bonchev–Trinajstić information content (AvgIpc) is 1.80. The fourth-order valence-corrected chi connectivity index (χ4v) is 1.21. The molecule has 1 aliphatic rings. The van der Waals surface area contributed by atoms with Crippen molar-refractivity contribution in [3.05, 3.63) is 0 Å². The number of hydrogen-bond acceptors (Lipinski definition) is 3. The Bertz CT molecular complexity index is 97.1. The first-order valence-electron chi connectivity index (χ1n) is 3.39. The molecule has 3 heteroatoms. The van der Waals surface area contributed by atoms with E-state index in [9.17, 15) is 0 Å². The lowest BCUT2D eigenvalue weighted by Gasteiger charge is -2.28. The first kappa shape index (κ1) is 6.99. The summed E-state index contributed by atoms with van der Waals surface area (Å²) >= 11 is 0. The van der Waals surface area contributed by atoms with Crippen LogP contribution in [0.15, 0.2) is 0 Å². The Morgan fingerprint density at radius 3 is 2.22 bits per heavy atom. The third-order valence-corrected chi connectivity index (χ3v) is 1.93. The summed E-state index contributed by atoms with van der Waals surface area (Å²) in [5.74, 6) is 0. The maximum atomic E-state index is 9.06. The molecule has 3 nitrogen and oxygen atoms in total. The Balaban J connectivity index is 2.35. The molecule has 54 valence electrons. The van der Waals surface area contributed by atoms with Crippen LogP contribution in [-0.2, 0) is 0 Å². The lowest BCUT2D eigenvalue weighted by atomic mass is 9.90. The molecule has 1 aliphatic carbocycles. The minimum Gasteiger partial charge on any atom is -0.393 e. The van der Waals surface area contributed by atoms with E-state index in [0.717, 1.165) is 12.8 Å². The van der Waals surface area contributed by atoms with Gasteiger partial charge >= 0.3 is 0 Å². The van der Waals surface area contributed by atoms with Crippen molar-refractivity contribution in [2.75, 3.05) is 0 Å². The van der Waals surface area contributed by atoms with Crippen molar-refractivity contribution < 1.29 is 5.11 Å². The lowest BCUT2D eigenvalue weighted by Crippen LogP contribution is -2.47. The first-order chi connectivity index (χ1) is 4.20. The van der Waals surface area contributed by atoms with Crippen LogP contribution in [0.5, 0.6) is 0 Å². The van der Waals surface area contributed by atoms with Crippen LogP contribution in [-0.4, -0.2) is 23.3 Å². The van der Waals surface area contributed by atoms with Crippen LogP contribution in [0, 0.1) is 0 Å². The summed E-state index contributed by atoms with van der Waals surface area (Å²) in [6, 6.07) is 0.113. The van der Waals surface area contributed by atoms with Gasteiger partial charge in [-0.05, 0) is 19.3 Å². The zero-order chi connectivity index (χ0) is 6.85. The SMILES string of the molecule is N[C@@H]1CC(O)CC[C@@H]1N. The molecule has 0 aliphatic heterocycles. The van der Waals surface area contributed by atoms with Gasteiger partial charge in [-0.15, -0.1) is 0 Å². The topological polar surface area (TPSA) is 72.3 Å². The van der Waals surface area contributed by atoms with Crippen molar-refractivity contribution in [3.8, 4) is 0 Å². The summed E-state index contributed by atoms with van der Waals surface area (Å²) < 4.78 is 0. The molecule has 1 unspecified atom stereocenters. The predicted octanol–water partition coefficient (Wildman–Crippen LogP) is -0.814. The van der Waals surface area contributed by atoms with E-state index in [1.165, 1.54) is 0 Å². The quantitative estimate of drug-likeness (QED) is 0.401. The number of nitrogens with two attached hydrogens (primary N) is 2. The molecule has 0 aromatic rings. The molecule has 1 rings (SSSR count). The third-order valence-electron chi connectivity index (χ3n) is 1.93. The van der Waals surface area contributed by atoms with Gasteiger partial charge < -0.3 is 16.6 Å². The largest absolute Gasteiger partial charge is 0.393 e. The van der Waals surface area contributed by atoms with Gasteiger partial charge in [0.2, 0.25) is 0 Å². The molecule has 0 aromatic carbocycles. The van der Waals surface area contributed by atoms with Gasteiger partial charge in [0.25, 0.3) is 0 Å². The summed E-state index contributed by atoms with van der Waals surface area (Å²) in [6.45, 7) is 0. The lowest BCUT2D eigenvalue weighted by molar-refractivity contribution is 0.112. The fraction of sp³-hybridized carbons (Fsp3) is 1.00. The van der Waals surface area contributed by atoms with Crippen LogP contribution in [0.3, 0.4) is 0 Å². The number of aliphatic hydroxyl groups is 1. The van der Waals surface area contributed by atoms with Gasteiger partial charge in [-0.1, -0.05) is 0 Å². The van der Waals surface area contributed by atoms with E-state index in [4.69, 9.17) is 16.6 Å². The highest BCUT2D eigenvalue weighted by Crippen LogP contribution is 2.15. The van der Waals surface area contributed by atoms with E-state index in [2.05, 4.69) is 0 Å². The zero-order valence-corrected chi connectivity index (χ0v) is 5.46. The molecule has 1 fully saturated rings. The van der Waals surface area contributed by atoms with Crippen molar-refractivity contribution in [2.45, 2.75) is 37.5 Å². The predicted molar refractivity (Wildman–Crippen MR) is 35.8 cm³/mol. The Kier molecular flexibility index (Phi) is 2.05. The molecule has 9 heavy (non-hydrogen) atoms. The van der Waals surface area contributed by atoms with Crippen LogP contribution in [0.25, 0.3) is 0 Å². The summed E-state index contributed by atoms with van der Waals surface area (Å²) in [7, 11) is 0. The number of hydrogen-bond donors (Lipinski definition) is 3. The van der Waals surface area contributed by atoms with Crippen LogP contribution in [0.4, 0.5) is 0 Å². The van der Waals surface area contributed by atoms with Gasteiger partial charge in [0.1, 0.15) is 0 Å². The van der Waals surface area contributed by atoms with Gasteiger partial charge in [-0.25, -0.2) is 0 Å². The van der Waals surface area contributed by atoms with Crippen LogP contribution >= 0.6 is 0 Å². The van der Waals surface area contributed by atoms with Gasteiger partial charge in [0, 0.05) is 12.1 Å². The molecule has 0 amide bonds. The molecular formula is C6H14N2O. The zero-order valence-electron chi connectivity index (χ0n) is 5.46. The van der Waals surface area contributed by atoms with Crippen molar-refractivity contribution in [1.82, 2.24) is 0 Å². The molecule has 0 bridgehead atoms. The van der Waals surface area contributed by atoms with E-state index in [-0.39, 0.29) is 18.2 Å². The van der Waals surface area contributed by atoms with E-state index in [1.807, 2.05) is 0 Å². The Labute approximate surface area is 55.0 Å². The van der Waals surface area contributed by atoms with Crippen molar-refractivity contribution in [1.29, 1.82) is 0 Å². The van der Waals surface area contributed by atoms with Crippen molar-refractivity contribution >= 4 is 0 Å². The van der Waals surface area contributed by atoms with Gasteiger partial charge in [0.05, 0.1) is 6.10 Å². The maximum Gasteiger partial charge on any atom is 0.0556 e. The summed E-state index contributed by atoms with van der Waals surface area (Å²) in [5.41, 5.74) is 11.2. The summed E-state index contributed by atoms with van der Waals surface area (Å²) in [5, 5.41) is 9.06. The number of aliphatic hydroxyl groups excluding tert-OH is 1. The van der Waals surface area contributed by atoms with E-state index < -0.39 is 0 Å². The van der Waals surface area contributed by atoms with Gasteiger partial charge in [-0.2, -0.15) is 0 Å². The monoisotopic (exact) mass is 130 g/mol. The number of rotatable bonds is 0. The minimum atomic E-state index is -0.209. The van der Waals surface area contributed by atoms with Gasteiger partial charge in [-0.3, -0.25) is 0 Å². The van der Waals surface area contributed by atoms with Crippen molar-refractivity contribution in [3.63, 3.8) is 0 Å². The van der Waals surface area contributed by atoms with Crippen LogP contribution in [0.2, 0.25) is 0 Å². The summed E-state index contributed by atoms with van der Waals surface area (Å²) in [6.07, 6.45) is 2.14. The minimum absolute atomic E-state index is 0.00810. The second-order valence-electron chi connectivity index (χ2n) is 2.79. The molecule has 0 aromatic heterocycles. The molecule has 3 atom stereocenters. The van der Waals surface area contributed by atoms with E-state index >= 15 is 0 Å². The van der Waals surface area contributed by atoms with Crippen LogP contribution < -0.4 is 11.5 Å². The highest BCUT2D eigenvalue weighted by molar-refractivity contribution is 4.84. The molecule has 0 saturated heterocycles. The molecular weight excluding hydrogens is 116 g/mol. The van der Waals surface area contributed by atoms with E-state index in [1.54, 1.807) is 0 Å². The highest BCUT2D eigenvalue weighted by atomic mass is 16.3. The van der Waals surface area contributed by atoms with E-state index in [0.29, 0.717) is 6.42 Å². The van der Waals surface area contributed by atoms with Crippen LogP contribution in [0.1, 0.15) is 19.3 Å². The Morgan fingerprint density at radius 2 is 1.78 bits per heavy atom. The molecule has 5 N–H and O–H groups in total. The third kappa shape index (κ3) is 1.64. The Morgan fingerprint density at radius 1 is 1.11 bits per heavy atom. The molecule has 0 spiro atoms. The molecule has 1 saturated carbocycles. The summed E-state index contributed by atoms with van der Waals surface area (Å²) in [4.78, 5) is 0. The second kappa shape index (κ2) is 2.64. The first-order valence-corrected chi connectivity index (χ1v) is 3.39. The fourth-order valence-electron chi connectivity index (χ4n) is 1.21. The normalized spacial score (nSPS) is 45.0.